The van der Waals surface area contributed by atoms with E-state index in [-0.39, 0.29) is 5.91 Å². The molecule has 2 atom stereocenters. The number of hydrogen-bond donors (Lipinski definition) is 2. The molecule has 2 unspecified atom stereocenters. The van der Waals surface area contributed by atoms with Gasteiger partial charge in [-0.3, -0.25) is 4.79 Å². The van der Waals surface area contributed by atoms with Gasteiger partial charge in [0.2, 0.25) is 5.91 Å². The van der Waals surface area contributed by atoms with Gasteiger partial charge < -0.3 is 11.1 Å². The summed E-state index contributed by atoms with van der Waals surface area (Å²) < 4.78 is 0. The Bertz CT molecular complexity index is 587. The third-order valence-corrected chi connectivity index (χ3v) is 6.06. The van der Waals surface area contributed by atoms with Crippen molar-refractivity contribution in [3.05, 3.63) is 34.9 Å². The number of carbonyl (C=O) groups is 1. The largest absolute Gasteiger partial charge is 0.352 e. The normalized spacial score (nSPS) is 30.0. The quantitative estimate of drug-likeness (QED) is 0.866. The third-order valence-electron chi connectivity index (χ3n) is 5.82. The van der Waals surface area contributed by atoms with Crippen LogP contribution in [-0.2, 0) is 11.2 Å². The molecule has 2 aliphatic rings. The second-order valence-electron chi connectivity index (χ2n) is 8.37. The van der Waals surface area contributed by atoms with Crippen LogP contribution in [0.15, 0.2) is 24.3 Å². The molecule has 0 heterocycles. The van der Waals surface area contributed by atoms with Crippen LogP contribution in [0.1, 0.15) is 51.5 Å². The average Bonchev–Trinajstić information content (AvgIpc) is 2.47. The summed E-state index contributed by atoms with van der Waals surface area (Å²) in [5.41, 5.74) is 6.85. The van der Waals surface area contributed by atoms with E-state index < -0.39 is 5.41 Å². The van der Waals surface area contributed by atoms with E-state index in [0.29, 0.717) is 30.3 Å². The topological polar surface area (TPSA) is 55.1 Å². The third kappa shape index (κ3) is 3.94. The Morgan fingerprint density at radius 3 is 2.58 bits per heavy atom. The van der Waals surface area contributed by atoms with Crippen molar-refractivity contribution in [1.82, 2.24) is 5.32 Å². The van der Waals surface area contributed by atoms with Gasteiger partial charge in [0.05, 0.1) is 0 Å². The molecular formula is C20H29ClN2O. The molecule has 3 rings (SSSR count). The van der Waals surface area contributed by atoms with E-state index in [4.69, 9.17) is 17.3 Å². The highest BCUT2D eigenvalue weighted by molar-refractivity contribution is 6.30. The van der Waals surface area contributed by atoms with Crippen LogP contribution < -0.4 is 11.1 Å². The van der Waals surface area contributed by atoms with Crippen LogP contribution >= 0.6 is 11.6 Å². The molecule has 3 N–H and O–H groups in total. The highest BCUT2D eigenvalue weighted by Gasteiger charge is 2.41. The zero-order valence-electron chi connectivity index (χ0n) is 14.7. The number of hydrogen-bond acceptors (Lipinski definition) is 2. The number of amides is 1. The van der Waals surface area contributed by atoms with Gasteiger partial charge in [0.25, 0.3) is 0 Å². The molecule has 2 aliphatic carbocycles. The summed E-state index contributed by atoms with van der Waals surface area (Å²) in [7, 11) is 0. The Morgan fingerprint density at radius 1 is 1.29 bits per heavy atom. The van der Waals surface area contributed by atoms with Crippen molar-refractivity contribution in [2.45, 2.75) is 64.5 Å². The minimum atomic E-state index is -0.446. The molecule has 1 amide bonds. The van der Waals surface area contributed by atoms with Gasteiger partial charge in [0, 0.05) is 22.5 Å². The number of benzene rings is 1. The van der Waals surface area contributed by atoms with Gasteiger partial charge in [0.15, 0.2) is 0 Å². The monoisotopic (exact) mass is 348 g/mol. The minimum Gasteiger partial charge on any atom is -0.352 e. The van der Waals surface area contributed by atoms with Crippen molar-refractivity contribution in [2.75, 3.05) is 0 Å². The van der Waals surface area contributed by atoms with Crippen molar-refractivity contribution in [2.24, 2.45) is 23.0 Å². The molecular weight excluding hydrogens is 320 g/mol. The maximum atomic E-state index is 13.0. The van der Waals surface area contributed by atoms with Crippen molar-refractivity contribution in [3.63, 3.8) is 0 Å². The van der Waals surface area contributed by atoms with Crippen molar-refractivity contribution in [1.29, 1.82) is 0 Å². The lowest BCUT2D eigenvalue weighted by molar-refractivity contribution is -0.131. The first-order chi connectivity index (χ1) is 11.3. The summed E-state index contributed by atoms with van der Waals surface area (Å²) in [4.78, 5) is 13.0. The fraction of sp³-hybridized carbons (Fsp3) is 0.650. The standard InChI is InChI=1S/C20H29ClN2O/c1-20(2,12-13-5-3-8-16(21)9-13)19(24)23-18-14-6-4-7-15(18)11-17(22)10-14/h3,5,8-9,14-15,17-18H,4,6-7,10-12,22H2,1-2H3,(H,23,24). The Balaban J connectivity index is 1.67. The SMILES string of the molecule is CC(C)(Cc1cccc(Cl)c1)C(=O)NC1C2CCCC1CC(N)C2. The Morgan fingerprint density at radius 2 is 1.96 bits per heavy atom. The van der Waals surface area contributed by atoms with Gasteiger partial charge in [-0.15, -0.1) is 0 Å². The molecule has 2 fully saturated rings. The molecule has 132 valence electrons. The van der Waals surface area contributed by atoms with Crippen molar-refractivity contribution < 1.29 is 4.79 Å². The Hall–Kier alpha value is -1.06. The van der Waals surface area contributed by atoms with E-state index in [1.807, 2.05) is 38.1 Å². The first-order valence-electron chi connectivity index (χ1n) is 9.16. The van der Waals surface area contributed by atoms with Crippen LogP contribution in [0, 0.1) is 17.3 Å². The number of rotatable bonds is 4. The lowest BCUT2D eigenvalue weighted by Crippen LogP contribution is -2.56. The summed E-state index contributed by atoms with van der Waals surface area (Å²) in [5.74, 6) is 1.26. The smallest absolute Gasteiger partial charge is 0.226 e. The summed E-state index contributed by atoms with van der Waals surface area (Å²) >= 11 is 6.07. The number of nitrogens with two attached hydrogens (primary N) is 1. The highest BCUT2D eigenvalue weighted by atomic mass is 35.5. The predicted molar refractivity (Wildman–Crippen MR) is 98.9 cm³/mol. The number of fused-ring (bicyclic) bond motifs is 2. The van der Waals surface area contributed by atoms with Crippen LogP contribution in [0.25, 0.3) is 0 Å². The van der Waals surface area contributed by atoms with Crippen LogP contribution in [0.5, 0.6) is 0 Å². The summed E-state index contributed by atoms with van der Waals surface area (Å²) in [6.45, 7) is 4.04. The highest BCUT2D eigenvalue weighted by Crippen LogP contribution is 2.40. The van der Waals surface area contributed by atoms with E-state index >= 15 is 0 Å². The van der Waals surface area contributed by atoms with Gasteiger partial charge in [-0.1, -0.05) is 44.0 Å². The van der Waals surface area contributed by atoms with Gasteiger partial charge in [-0.25, -0.2) is 0 Å². The number of halogens is 1. The molecule has 1 aromatic carbocycles. The maximum Gasteiger partial charge on any atom is 0.226 e. The lowest BCUT2D eigenvalue weighted by Gasteiger charge is -2.46. The molecule has 0 aromatic heterocycles. The van der Waals surface area contributed by atoms with Crippen LogP contribution in [0.3, 0.4) is 0 Å². The number of carbonyl (C=O) groups excluding carboxylic acids is 1. The Labute approximate surface area is 150 Å². The molecule has 3 nitrogen and oxygen atoms in total. The second-order valence-corrected chi connectivity index (χ2v) is 8.81. The molecule has 4 heteroatoms. The molecule has 0 saturated heterocycles. The summed E-state index contributed by atoms with van der Waals surface area (Å²) in [6, 6.07) is 8.42. The average molecular weight is 349 g/mol. The predicted octanol–water partition coefficient (Wildman–Crippen LogP) is 3.93. The summed E-state index contributed by atoms with van der Waals surface area (Å²) in [5, 5.41) is 4.11. The van der Waals surface area contributed by atoms with Crippen LogP contribution in [0.4, 0.5) is 0 Å². The molecule has 0 spiro atoms. The van der Waals surface area contributed by atoms with Crippen molar-refractivity contribution in [3.8, 4) is 0 Å². The fourth-order valence-corrected chi connectivity index (χ4v) is 4.82. The first-order valence-corrected chi connectivity index (χ1v) is 9.54. The number of nitrogens with one attached hydrogen (secondary N) is 1. The molecule has 24 heavy (non-hydrogen) atoms. The van der Waals surface area contributed by atoms with E-state index in [0.717, 1.165) is 23.4 Å². The summed E-state index contributed by atoms with van der Waals surface area (Å²) in [6.07, 6.45) is 6.47. The molecule has 0 radical (unpaired) electrons. The Kier molecular flexibility index (Phi) is 5.22. The molecule has 2 saturated carbocycles. The molecule has 1 aromatic rings. The van der Waals surface area contributed by atoms with E-state index in [2.05, 4.69) is 5.32 Å². The van der Waals surface area contributed by atoms with Crippen molar-refractivity contribution >= 4 is 17.5 Å². The van der Waals surface area contributed by atoms with Crippen LogP contribution in [0.2, 0.25) is 5.02 Å². The minimum absolute atomic E-state index is 0.153. The zero-order chi connectivity index (χ0) is 17.3. The maximum absolute atomic E-state index is 13.0. The van der Waals surface area contributed by atoms with E-state index in [1.54, 1.807) is 0 Å². The van der Waals surface area contributed by atoms with Gasteiger partial charge in [-0.2, -0.15) is 0 Å². The molecule has 0 aliphatic heterocycles. The van der Waals surface area contributed by atoms with Gasteiger partial charge >= 0.3 is 0 Å². The zero-order valence-corrected chi connectivity index (χ0v) is 15.5. The first kappa shape index (κ1) is 17.8. The lowest BCUT2D eigenvalue weighted by atomic mass is 9.66. The van der Waals surface area contributed by atoms with E-state index in [9.17, 15) is 4.79 Å². The molecule has 2 bridgehead atoms. The second kappa shape index (κ2) is 7.05. The fourth-order valence-electron chi connectivity index (χ4n) is 4.61. The van der Waals surface area contributed by atoms with E-state index in [1.165, 1.54) is 19.3 Å². The van der Waals surface area contributed by atoms with Gasteiger partial charge in [-0.05, 0) is 61.6 Å². The van der Waals surface area contributed by atoms with Gasteiger partial charge in [0.1, 0.15) is 0 Å². The van der Waals surface area contributed by atoms with Crippen LogP contribution in [-0.4, -0.2) is 18.0 Å².